The highest BCUT2D eigenvalue weighted by Crippen LogP contribution is 2.31. The van der Waals surface area contributed by atoms with Gasteiger partial charge < -0.3 is 5.32 Å². The summed E-state index contributed by atoms with van der Waals surface area (Å²) >= 11 is 12.2. The van der Waals surface area contributed by atoms with Crippen LogP contribution in [0.2, 0.25) is 10.0 Å². The number of aromatic nitrogens is 1. The van der Waals surface area contributed by atoms with E-state index in [0.29, 0.717) is 16.9 Å². The van der Waals surface area contributed by atoms with Crippen LogP contribution in [0.3, 0.4) is 0 Å². The number of rotatable bonds is 5. The molecule has 1 aromatic heterocycles. The van der Waals surface area contributed by atoms with E-state index in [9.17, 15) is 9.59 Å². The Balaban J connectivity index is 1.62. The van der Waals surface area contributed by atoms with Gasteiger partial charge >= 0.3 is 0 Å². The molecular weight excluding hydrogens is 399 g/mol. The van der Waals surface area contributed by atoms with E-state index in [0.717, 1.165) is 18.2 Å². The molecule has 3 N–H and O–H groups in total. The van der Waals surface area contributed by atoms with Crippen molar-refractivity contribution in [2.45, 2.75) is 12.8 Å². The normalized spacial score (nSPS) is 13.2. The Morgan fingerprint density at radius 3 is 2.39 bits per heavy atom. The Morgan fingerprint density at radius 1 is 0.964 bits per heavy atom. The van der Waals surface area contributed by atoms with Gasteiger partial charge in [-0.15, -0.1) is 0 Å². The van der Waals surface area contributed by atoms with Crippen molar-refractivity contribution in [1.82, 2.24) is 10.4 Å². The molecule has 0 unspecified atom stereocenters. The van der Waals surface area contributed by atoms with Gasteiger partial charge in [0.1, 0.15) is 0 Å². The van der Waals surface area contributed by atoms with E-state index < -0.39 is 5.91 Å². The fraction of sp³-hybridized carbons (Fsp3) is 0.150. The summed E-state index contributed by atoms with van der Waals surface area (Å²) in [5.41, 5.74) is 7.63. The number of anilines is 2. The minimum atomic E-state index is -0.426. The number of carbonyl (C=O) groups is 2. The molecule has 0 spiro atoms. The SMILES string of the molecule is O=C(Nc1cccc2c(NNC(=O)C3CC3)ccnc12)c1c(Cl)cccc1Cl. The predicted octanol–water partition coefficient (Wildman–Crippen LogP) is 4.65. The van der Waals surface area contributed by atoms with Crippen LogP contribution in [0.4, 0.5) is 11.4 Å². The van der Waals surface area contributed by atoms with Crippen LogP contribution in [0.5, 0.6) is 0 Å². The summed E-state index contributed by atoms with van der Waals surface area (Å²) in [5, 5.41) is 4.10. The Labute approximate surface area is 171 Å². The van der Waals surface area contributed by atoms with E-state index in [1.807, 2.05) is 6.07 Å². The number of benzene rings is 2. The first-order chi connectivity index (χ1) is 13.5. The van der Waals surface area contributed by atoms with Gasteiger partial charge in [-0.1, -0.05) is 41.4 Å². The zero-order valence-electron chi connectivity index (χ0n) is 14.6. The van der Waals surface area contributed by atoms with Crippen LogP contribution in [-0.2, 0) is 4.79 Å². The minimum Gasteiger partial charge on any atom is -0.320 e. The van der Waals surface area contributed by atoms with Crippen LogP contribution in [0.15, 0.2) is 48.7 Å². The van der Waals surface area contributed by atoms with Crippen LogP contribution in [0, 0.1) is 5.92 Å². The van der Waals surface area contributed by atoms with Crippen LogP contribution in [-0.4, -0.2) is 16.8 Å². The summed E-state index contributed by atoms with van der Waals surface area (Å²) in [5.74, 6) is -0.358. The number of hydrogen-bond acceptors (Lipinski definition) is 4. The van der Waals surface area contributed by atoms with E-state index in [2.05, 4.69) is 21.2 Å². The largest absolute Gasteiger partial charge is 0.320 e. The van der Waals surface area contributed by atoms with Crippen LogP contribution >= 0.6 is 23.2 Å². The summed E-state index contributed by atoms with van der Waals surface area (Å²) in [6.07, 6.45) is 3.45. The van der Waals surface area contributed by atoms with E-state index in [-0.39, 0.29) is 27.4 Å². The number of para-hydroxylation sites is 1. The van der Waals surface area contributed by atoms with E-state index >= 15 is 0 Å². The lowest BCUT2D eigenvalue weighted by Crippen LogP contribution is -2.30. The van der Waals surface area contributed by atoms with E-state index in [1.165, 1.54) is 0 Å². The molecule has 0 bridgehead atoms. The molecule has 28 heavy (non-hydrogen) atoms. The van der Waals surface area contributed by atoms with Crippen molar-refractivity contribution in [3.8, 4) is 0 Å². The summed E-state index contributed by atoms with van der Waals surface area (Å²) < 4.78 is 0. The van der Waals surface area contributed by atoms with E-state index in [1.54, 1.807) is 42.6 Å². The zero-order chi connectivity index (χ0) is 19.7. The van der Waals surface area contributed by atoms with Gasteiger partial charge in [-0.2, -0.15) is 0 Å². The van der Waals surface area contributed by atoms with Crippen LogP contribution < -0.4 is 16.2 Å². The van der Waals surface area contributed by atoms with Crippen molar-refractivity contribution in [1.29, 1.82) is 0 Å². The highest BCUT2D eigenvalue weighted by atomic mass is 35.5. The maximum Gasteiger partial charge on any atom is 0.258 e. The second-order valence-electron chi connectivity index (χ2n) is 6.50. The van der Waals surface area contributed by atoms with E-state index in [4.69, 9.17) is 23.2 Å². The topological polar surface area (TPSA) is 83.1 Å². The molecule has 8 heteroatoms. The summed E-state index contributed by atoms with van der Waals surface area (Å²) in [4.78, 5) is 29.0. The second kappa shape index (κ2) is 7.66. The molecule has 1 saturated carbocycles. The van der Waals surface area contributed by atoms with Crippen molar-refractivity contribution in [3.05, 3.63) is 64.3 Å². The number of carbonyl (C=O) groups excluding carboxylic acids is 2. The van der Waals surface area contributed by atoms with Gasteiger partial charge in [-0.05, 0) is 37.1 Å². The Bertz CT molecular complexity index is 1060. The van der Waals surface area contributed by atoms with Gasteiger partial charge in [-0.3, -0.25) is 25.4 Å². The highest BCUT2D eigenvalue weighted by molar-refractivity contribution is 6.40. The highest BCUT2D eigenvalue weighted by Gasteiger charge is 2.29. The van der Waals surface area contributed by atoms with Gasteiger partial charge in [0.25, 0.3) is 5.91 Å². The molecule has 1 fully saturated rings. The van der Waals surface area contributed by atoms with Gasteiger partial charge in [0.05, 0.1) is 32.5 Å². The van der Waals surface area contributed by atoms with Crippen LogP contribution in [0.1, 0.15) is 23.2 Å². The molecule has 2 aromatic carbocycles. The van der Waals surface area contributed by atoms with Gasteiger partial charge in [-0.25, -0.2) is 0 Å². The van der Waals surface area contributed by atoms with Crippen LogP contribution in [0.25, 0.3) is 10.9 Å². The molecule has 3 aromatic rings. The molecule has 1 aliphatic carbocycles. The maximum atomic E-state index is 12.7. The van der Waals surface area contributed by atoms with Crippen molar-refractivity contribution in [2.24, 2.45) is 5.92 Å². The number of nitrogens with zero attached hydrogens (tertiary/aromatic N) is 1. The minimum absolute atomic E-state index is 0.0252. The smallest absolute Gasteiger partial charge is 0.258 e. The summed E-state index contributed by atoms with van der Waals surface area (Å²) in [6.45, 7) is 0. The van der Waals surface area contributed by atoms with Gasteiger partial charge in [0.2, 0.25) is 5.91 Å². The average Bonchev–Trinajstić information content (AvgIpc) is 3.51. The molecule has 4 rings (SSSR count). The second-order valence-corrected chi connectivity index (χ2v) is 7.31. The molecule has 142 valence electrons. The monoisotopic (exact) mass is 414 g/mol. The molecular formula is C20H16Cl2N4O2. The standard InChI is InChI=1S/C20H16Cl2N4O2/c21-13-4-2-5-14(22)17(13)20(28)24-16-6-1-3-12-15(9-10-23-18(12)16)25-26-19(27)11-7-8-11/h1-6,9-11H,7-8H2,(H,23,25)(H,24,28)(H,26,27). The number of halogens is 2. The first-order valence-electron chi connectivity index (χ1n) is 8.73. The number of hydrazine groups is 1. The Kier molecular flexibility index (Phi) is 5.07. The van der Waals surface area contributed by atoms with Crippen molar-refractivity contribution < 1.29 is 9.59 Å². The number of hydrogen-bond donors (Lipinski definition) is 3. The van der Waals surface area contributed by atoms with Gasteiger partial charge in [0, 0.05) is 17.5 Å². The summed E-state index contributed by atoms with van der Waals surface area (Å²) in [6, 6.07) is 12.0. The molecule has 1 heterocycles. The molecule has 1 aliphatic rings. The molecule has 0 radical (unpaired) electrons. The first-order valence-corrected chi connectivity index (χ1v) is 9.49. The number of pyridine rings is 1. The molecule has 0 aliphatic heterocycles. The fourth-order valence-electron chi connectivity index (χ4n) is 2.86. The lowest BCUT2D eigenvalue weighted by Gasteiger charge is -2.13. The third-order valence-corrected chi connectivity index (χ3v) is 5.11. The molecule has 0 saturated heterocycles. The molecule has 6 nitrogen and oxygen atoms in total. The van der Waals surface area contributed by atoms with Crippen molar-refractivity contribution >= 4 is 57.3 Å². The lowest BCUT2D eigenvalue weighted by molar-refractivity contribution is -0.121. The zero-order valence-corrected chi connectivity index (χ0v) is 16.1. The van der Waals surface area contributed by atoms with Gasteiger partial charge in [0.15, 0.2) is 0 Å². The predicted molar refractivity (Wildman–Crippen MR) is 111 cm³/mol. The third kappa shape index (κ3) is 3.74. The third-order valence-electron chi connectivity index (χ3n) is 4.48. The van der Waals surface area contributed by atoms with Crippen molar-refractivity contribution in [2.75, 3.05) is 10.7 Å². The quantitative estimate of drug-likeness (QED) is 0.530. The Hall–Kier alpha value is -2.83. The first kappa shape index (κ1) is 18.5. The fourth-order valence-corrected chi connectivity index (χ4v) is 3.43. The number of fused-ring (bicyclic) bond motifs is 1. The number of nitrogens with one attached hydrogen (secondary N) is 3. The van der Waals surface area contributed by atoms with Crippen molar-refractivity contribution in [3.63, 3.8) is 0 Å². The Morgan fingerprint density at radius 2 is 1.68 bits per heavy atom. The lowest BCUT2D eigenvalue weighted by atomic mass is 10.1. The average molecular weight is 415 g/mol. The summed E-state index contributed by atoms with van der Waals surface area (Å²) in [7, 11) is 0. The maximum absolute atomic E-state index is 12.7. The molecule has 0 atom stereocenters. The molecule has 2 amide bonds. The number of amides is 2.